The number of carbonyl (C=O) groups is 1. The first-order valence-corrected chi connectivity index (χ1v) is 48.9. The first-order valence-electron chi connectivity index (χ1n) is 44.8. The summed E-state index contributed by atoms with van der Waals surface area (Å²) in [5, 5.41) is 141. The Kier molecular flexibility index (Phi) is 38.4. The summed E-state index contributed by atoms with van der Waals surface area (Å²) < 4.78 is 64.9. The Morgan fingerprint density at radius 3 is 0.846 bits per heavy atom. The summed E-state index contributed by atoms with van der Waals surface area (Å²) in [6.07, 6.45) is 2.67. The molecule has 12 atom stereocenters. The number of benzene rings is 8. The molecule has 8 aromatic carbocycles. The predicted molar refractivity (Wildman–Crippen MR) is 555 cm³/mol. The number of alkyl halides is 2. The normalized spacial score (nSPS) is 25.9. The van der Waals surface area contributed by atoms with Gasteiger partial charge in [-0.1, -0.05) is 225 Å². The highest BCUT2D eigenvalue weighted by molar-refractivity contribution is 7.18. The maximum absolute atomic E-state index is 13.8. The highest BCUT2D eigenvalue weighted by Gasteiger charge is 2.47. The number of rotatable bonds is 13. The number of carboxylic acids is 1. The van der Waals surface area contributed by atoms with Crippen molar-refractivity contribution in [2.24, 2.45) is 51.6 Å². The van der Waals surface area contributed by atoms with Crippen molar-refractivity contribution in [3.05, 3.63) is 319 Å². The molecule has 10 aliphatic heterocycles. The van der Waals surface area contributed by atoms with E-state index in [1.54, 1.807) is 66.7 Å². The van der Waals surface area contributed by atoms with E-state index in [9.17, 15) is 73.4 Å². The number of thiophene rings is 2. The molecule has 12 unspecified atom stereocenters. The van der Waals surface area contributed by atoms with Gasteiger partial charge in [-0.05, 0) is 114 Å². The SMILES string of the molecule is CC1(O)CC(c2ccc(C(=O)O)s2)=NO1.CC1(O)CC(c2ccccc2)=NO1.CC1(O)CC(c2ccccc2)=NO1.CC1(O)CC(c2ccccc2)=NO1.CC1(O)CC(c2ccccc2)=NO1.COc1cc(C2=NOC(C)(O)C2)c(F)cc1Cl.COc1cc(C2=NOC(C)(O)C2Cl)c(F)cc1Cl.Cc1cc(C2=NOC(C)(O)C2)c(F)cc1Cl.Cc1cc(C2=NOC(C)(O)C2Cl)c(F)cc1Cl.[C-]#[N+]c1ccc(C2=NOC(C)(O)C2)s1. The summed E-state index contributed by atoms with van der Waals surface area (Å²) >= 11 is 37.5. The fraction of sp³-hybridized carbons (Fsp3) is 0.333. The van der Waals surface area contributed by atoms with Crippen LogP contribution < -0.4 is 9.47 Å². The molecule has 149 heavy (non-hydrogen) atoms. The van der Waals surface area contributed by atoms with Crippen LogP contribution in [0.25, 0.3) is 4.85 Å². The molecule has 20 rings (SSSR count). The zero-order valence-electron chi connectivity index (χ0n) is 82.0. The van der Waals surface area contributed by atoms with Crippen LogP contribution in [0.2, 0.25) is 20.1 Å². The molecule has 11 N–H and O–H groups in total. The quantitative estimate of drug-likeness (QED) is 0.0290. The molecule has 12 heterocycles. The molecule has 0 saturated heterocycles. The molecule has 10 aliphatic rings. The third-order valence-corrected chi connectivity index (χ3v) is 26.3. The van der Waals surface area contributed by atoms with Gasteiger partial charge in [0.2, 0.25) is 51.3 Å². The molecule has 0 saturated carbocycles. The number of carboxylic acid groups (broad SMARTS) is 1. The molecule has 35 nitrogen and oxygen atoms in total. The number of aliphatic hydroxyl groups is 10. The molecular weight excluding hydrogens is 2120 g/mol. The zero-order valence-corrected chi connectivity index (χ0v) is 88.2. The number of oxime groups is 10. The van der Waals surface area contributed by atoms with E-state index < -0.39 is 97.9 Å². The highest BCUT2D eigenvalue weighted by atomic mass is 35.5. The van der Waals surface area contributed by atoms with E-state index in [2.05, 4.69) is 56.4 Å². The second-order valence-corrected chi connectivity index (χ2v) is 40.7. The molecule has 0 bridgehead atoms. The van der Waals surface area contributed by atoms with Crippen LogP contribution in [0.3, 0.4) is 0 Å². The summed E-state index contributed by atoms with van der Waals surface area (Å²) in [5.74, 6) is -15.5. The Bertz CT molecular complexity index is 6570. The fourth-order valence-corrected chi connectivity index (χ4v) is 16.7. The minimum Gasteiger partial charge on any atom is -0.495 e. The van der Waals surface area contributed by atoms with E-state index in [-0.39, 0.29) is 68.0 Å². The standard InChI is InChI=1S/C11H10Cl2FNO3.C11H10Cl2FNO2.C11H11ClFNO3.C11H11ClFNO2.4C10H11NO2.C9H8N2O2S.C9H9NO4S/c1-11(16)10(13)9(15-18-11)5-3-8(17-2)6(12)4-7(5)14;1-5-3-6(8(14)4-7(5)12)9-10(13)11(2,16)17-15-9;1-11(15)5-9(14-17-11)6-3-10(16-2)7(12)4-8(6)13;1-6-3-7(9(13)4-8(6)12)10-5-11(2,15)16-14-10;4*1-10(12)7-9(11-13-10)8-5-3-2-4-6-8;1-9(12)5-6(11-13-9)7-3-4-8(10-2)14-7;1-9(13)4-5(10-14-9)6-2-3-7(15-6)8(11)12/h3-4,10,16H,1-2H3;3-4,10,16H,1-2H3;3-4,15H,5H2,1-2H3;3-4,15H,5H2,1-2H3;4*2-6,12H,7H2,1H3;3-4,12H,5H2,1H3;2-3,13H,4H2,1H3,(H,11,12). The molecule has 47 heteroatoms. The monoisotopic (exact) mass is 2220 g/mol. The first kappa shape index (κ1) is 117. The zero-order chi connectivity index (χ0) is 109. The molecular formula is C102H103Cl6F4N11O24S2. The van der Waals surface area contributed by atoms with Crippen LogP contribution >= 0.6 is 92.3 Å². The molecule has 2 aromatic heterocycles. The van der Waals surface area contributed by atoms with Gasteiger partial charge < -0.3 is 114 Å². The average Bonchev–Trinajstić information content (AvgIpc) is 1.67. The Hall–Kier alpha value is -12.5. The second kappa shape index (κ2) is 49.1. The Balaban J connectivity index is 0.000000157. The van der Waals surface area contributed by atoms with Crippen molar-refractivity contribution in [2.75, 3.05) is 14.2 Å². The van der Waals surface area contributed by atoms with E-state index in [4.69, 9.17) is 139 Å². The van der Waals surface area contributed by atoms with Crippen molar-refractivity contribution >= 4 is 160 Å². The van der Waals surface area contributed by atoms with Gasteiger partial charge in [0.1, 0.15) is 73.2 Å². The molecule has 0 spiro atoms. The molecule has 0 amide bonds. The fourth-order valence-electron chi connectivity index (χ4n) is 13.9. The van der Waals surface area contributed by atoms with Gasteiger partial charge >= 0.3 is 5.97 Å². The van der Waals surface area contributed by atoms with Crippen molar-refractivity contribution in [3.8, 4) is 11.5 Å². The van der Waals surface area contributed by atoms with Gasteiger partial charge in [0, 0.05) is 106 Å². The maximum Gasteiger partial charge on any atom is 0.345 e. The largest absolute Gasteiger partial charge is 0.495 e. The Labute approximate surface area is 890 Å². The Morgan fingerprint density at radius 1 is 0.342 bits per heavy atom. The topological polar surface area (TPSA) is 478 Å². The van der Waals surface area contributed by atoms with Crippen LogP contribution in [-0.2, 0) is 48.4 Å². The number of methoxy groups -OCH3 is 2. The van der Waals surface area contributed by atoms with Crippen LogP contribution in [0.15, 0.2) is 246 Å². The average molecular weight is 2220 g/mol. The van der Waals surface area contributed by atoms with Crippen LogP contribution in [0.4, 0.5) is 22.6 Å². The number of aromatic carboxylic acids is 1. The maximum atomic E-state index is 13.8. The van der Waals surface area contributed by atoms with Crippen molar-refractivity contribution in [3.63, 3.8) is 0 Å². The summed E-state index contributed by atoms with van der Waals surface area (Å²) in [4.78, 5) is 63.9. The lowest BCUT2D eigenvalue weighted by atomic mass is 10.0. The van der Waals surface area contributed by atoms with E-state index in [0.29, 0.717) is 91.8 Å². The summed E-state index contributed by atoms with van der Waals surface area (Å²) in [6.45, 7) is 25.5. The van der Waals surface area contributed by atoms with Gasteiger partial charge in [-0.2, -0.15) is 11.3 Å². The molecule has 10 aromatic rings. The van der Waals surface area contributed by atoms with Crippen LogP contribution in [0.5, 0.6) is 11.5 Å². The number of ether oxygens (including phenoxy) is 2. The predicted octanol–water partition coefficient (Wildman–Crippen LogP) is 19.8. The Morgan fingerprint density at radius 2 is 0.591 bits per heavy atom. The smallest absolute Gasteiger partial charge is 0.345 e. The van der Waals surface area contributed by atoms with Gasteiger partial charge in [-0.25, -0.2) is 27.2 Å². The van der Waals surface area contributed by atoms with Gasteiger partial charge in [0.05, 0.1) is 121 Å². The van der Waals surface area contributed by atoms with Crippen LogP contribution in [-0.4, -0.2) is 202 Å². The lowest BCUT2D eigenvalue weighted by molar-refractivity contribution is -0.170. The summed E-state index contributed by atoms with van der Waals surface area (Å²) in [7, 11) is 2.84. The van der Waals surface area contributed by atoms with Gasteiger partial charge in [0.25, 0.3) is 11.6 Å². The molecule has 0 radical (unpaired) electrons. The third-order valence-electron chi connectivity index (χ3n) is 21.5. The first-order chi connectivity index (χ1) is 69.8. The van der Waals surface area contributed by atoms with Crippen molar-refractivity contribution in [2.45, 2.75) is 203 Å². The second-order valence-electron chi connectivity index (χ2n) is 36.1. The van der Waals surface area contributed by atoms with Crippen molar-refractivity contribution in [1.82, 2.24) is 0 Å². The molecule has 0 aliphatic carbocycles. The lowest BCUT2D eigenvalue weighted by Gasteiger charge is -2.18. The van der Waals surface area contributed by atoms with E-state index in [1.165, 1.54) is 96.6 Å². The molecule has 0 fully saturated rings. The number of hydrogen-bond donors (Lipinski definition) is 11. The van der Waals surface area contributed by atoms with E-state index in [1.807, 2.05) is 127 Å². The highest BCUT2D eigenvalue weighted by Crippen LogP contribution is 2.40. The number of halogens is 10. The van der Waals surface area contributed by atoms with E-state index >= 15 is 0 Å². The summed E-state index contributed by atoms with van der Waals surface area (Å²) in [6, 6.07) is 56.1. The van der Waals surface area contributed by atoms with Crippen LogP contribution in [0.1, 0.15) is 196 Å². The summed E-state index contributed by atoms with van der Waals surface area (Å²) in [5.41, 5.74) is 11.7. The lowest BCUT2D eigenvalue weighted by Crippen LogP contribution is -2.37. The molecule has 792 valence electrons. The van der Waals surface area contributed by atoms with Gasteiger partial charge in [-0.15, -0.1) is 34.5 Å². The van der Waals surface area contributed by atoms with Crippen molar-refractivity contribution < 1.29 is 136 Å². The number of aryl methyl sites for hydroxylation is 2. The van der Waals surface area contributed by atoms with Gasteiger partial charge in [0.15, 0.2) is 0 Å². The van der Waals surface area contributed by atoms with Crippen LogP contribution in [0, 0.1) is 43.7 Å². The van der Waals surface area contributed by atoms with Crippen molar-refractivity contribution in [1.29, 1.82) is 0 Å². The van der Waals surface area contributed by atoms with Gasteiger partial charge in [-0.3, -0.25) is 0 Å². The number of hydrogen-bond acceptors (Lipinski definition) is 35. The number of nitrogens with zero attached hydrogens (tertiary/aromatic N) is 11. The minimum atomic E-state index is -1.67. The minimum absolute atomic E-state index is 0.0778. The third kappa shape index (κ3) is 32.8. The van der Waals surface area contributed by atoms with E-state index in [0.717, 1.165) is 79.0 Å².